The van der Waals surface area contributed by atoms with Gasteiger partial charge in [-0.25, -0.2) is 4.98 Å². The molecule has 4 nitrogen and oxygen atoms in total. The summed E-state index contributed by atoms with van der Waals surface area (Å²) in [4.78, 5) is 20.5. The molecule has 27 heavy (non-hydrogen) atoms. The fourth-order valence-corrected chi connectivity index (χ4v) is 2.83. The number of ketones is 1. The number of aryl methyl sites for hydroxylation is 1. The fourth-order valence-electron chi connectivity index (χ4n) is 2.83. The minimum Gasteiger partial charge on any atom is -0.505 e. The first-order valence-corrected chi connectivity index (χ1v) is 8.77. The Kier molecular flexibility index (Phi) is 6.61. The number of pyridine rings is 2. The van der Waals surface area contributed by atoms with Crippen LogP contribution in [0.2, 0.25) is 0 Å². The Balaban J connectivity index is 2.88. The number of aromatic hydroxyl groups is 1. The smallest absolute Gasteiger partial charge is 0.181 e. The standard InChI is InChI=1S/C23H24N2O2/c1-6-9-11-19-18(17(8-3)10-7-2)12-13-24-22(19)20-14-15(4)25-21(16(5)26)23(20)27/h7-14,27H,2-3,6H2,1,4-5H3/b11-9+,17-10+. The molecule has 0 atom stereocenters. The molecule has 0 aliphatic rings. The summed E-state index contributed by atoms with van der Waals surface area (Å²) < 4.78 is 0. The maximum Gasteiger partial charge on any atom is 0.181 e. The lowest BCUT2D eigenvalue weighted by molar-refractivity contribution is 0.101. The number of aromatic nitrogens is 2. The topological polar surface area (TPSA) is 63.1 Å². The molecule has 0 bridgehead atoms. The van der Waals surface area contributed by atoms with Crippen molar-refractivity contribution in [2.45, 2.75) is 27.2 Å². The summed E-state index contributed by atoms with van der Waals surface area (Å²) in [6.45, 7) is 12.9. The van der Waals surface area contributed by atoms with Gasteiger partial charge in [-0.05, 0) is 36.6 Å². The van der Waals surface area contributed by atoms with E-state index in [9.17, 15) is 9.90 Å². The van der Waals surface area contributed by atoms with E-state index in [4.69, 9.17) is 0 Å². The van der Waals surface area contributed by atoms with E-state index in [1.807, 2.05) is 31.2 Å². The van der Waals surface area contributed by atoms with E-state index in [-0.39, 0.29) is 17.2 Å². The number of carbonyl (C=O) groups excluding carboxylic acids is 1. The van der Waals surface area contributed by atoms with Gasteiger partial charge in [0.1, 0.15) is 5.69 Å². The van der Waals surface area contributed by atoms with E-state index in [0.29, 0.717) is 17.0 Å². The second kappa shape index (κ2) is 8.90. The van der Waals surface area contributed by atoms with Gasteiger partial charge in [0.05, 0.1) is 5.69 Å². The third kappa shape index (κ3) is 4.29. The third-order valence-electron chi connectivity index (χ3n) is 4.05. The lowest BCUT2D eigenvalue weighted by Gasteiger charge is -2.15. The van der Waals surface area contributed by atoms with Crippen LogP contribution >= 0.6 is 0 Å². The highest BCUT2D eigenvalue weighted by molar-refractivity contribution is 5.98. The highest BCUT2D eigenvalue weighted by atomic mass is 16.3. The molecule has 0 aromatic carbocycles. The Morgan fingerprint density at radius 3 is 2.67 bits per heavy atom. The number of nitrogens with zero attached hydrogens (tertiary/aromatic N) is 2. The van der Waals surface area contributed by atoms with Crippen molar-refractivity contribution in [3.63, 3.8) is 0 Å². The highest BCUT2D eigenvalue weighted by Crippen LogP contribution is 2.36. The molecule has 0 saturated heterocycles. The Morgan fingerprint density at radius 1 is 1.33 bits per heavy atom. The van der Waals surface area contributed by atoms with Gasteiger partial charge in [-0.2, -0.15) is 0 Å². The van der Waals surface area contributed by atoms with Crippen LogP contribution in [0, 0.1) is 6.92 Å². The van der Waals surface area contributed by atoms with Crippen LogP contribution in [0.5, 0.6) is 5.75 Å². The summed E-state index contributed by atoms with van der Waals surface area (Å²) in [6, 6.07) is 3.63. The van der Waals surface area contributed by atoms with Crippen molar-refractivity contribution in [2.75, 3.05) is 0 Å². The predicted molar refractivity (Wildman–Crippen MR) is 112 cm³/mol. The molecule has 0 spiro atoms. The van der Waals surface area contributed by atoms with Gasteiger partial charge < -0.3 is 5.11 Å². The maximum absolute atomic E-state index is 11.9. The van der Waals surface area contributed by atoms with Crippen LogP contribution in [0.25, 0.3) is 22.9 Å². The van der Waals surface area contributed by atoms with Crippen LogP contribution in [-0.2, 0) is 0 Å². The largest absolute Gasteiger partial charge is 0.505 e. The van der Waals surface area contributed by atoms with Crippen LogP contribution < -0.4 is 0 Å². The number of hydrogen-bond donors (Lipinski definition) is 1. The molecule has 0 radical (unpaired) electrons. The molecule has 0 fully saturated rings. The highest BCUT2D eigenvalue weighted by Gasteiger charge is 2.19. The van der Waals surface area contributed by atoms with Crippen molar-refractivity contribution in [3.8, 4) is 17.0 Å². The number of Topliss-reactive ketones (excluding diaryl/α,β-unsaturated/α-hetero) is 1. The quantitative estimate of drug-likeness (QED) is 0.520. The number of rotatable bonds is 7. The van der Waals surface area contributed by atoms with E-state index < -0.39 is 0 Å². The second-order valence-corrected chi connectivity index (χ2v) is 6.06. The monoisotopic (exact) mass is 360 g/mol. The molecule has 0 aliphatic heterocycles. The van der Waals surface area contributed by atoms with Crippen LogP contribution in [0.1, 0.15) is 47.6 Å². The second-order valence-electron chi connectivity index (χ2n) is 6.06. The summed E-state index contributed by atoms with van der Waals surface area (Å²) in [5.74, 6) is -0.450. The lowest BCUT2D eigenvalue weighted by Crippen LogP contribution is -2.02. The van der Waals surface area contributed by atoms with Crippen LogP contribution in [0.15, 0.2) is 55.8 Å². The van der Waals surface area contributed by atoms with Gasteiger partial charge in [0, 0.05) is 29.9 Å². The van der Waals surface area contributed by atoms with Crippen LogP contribution in [0.4, 0.5) is 0 Å². The number of allylic oxidation sites excluding steroid dienone is 5. The Labute approximate surface area is 160 Å². The maximum atomic E-state index is 11.9. The average Bonchev–Trinajstić information content (AvgIpc) is 2.65. The molecular formula is C23H24N2O2. The number of carbonyl (C=O) groups is 1. The molecule has 0 amide bonds. The van der Waals surface area contributed by atoms with Crippen molar-refractivity contribution >= 4 is 17.4 Å². The molecule has 2 rings (SSSR count). The van der Waals surface area contributed by atoms with Crippen LogP contribution in [-0.4, -0.2) is 20.9 Å². The van der Waals surface area contributed by atoms with E-state index >= 15 is 0 Å². The molecule has 1 N–H and O–H groups in total. The summed E-state index contributed by atoms with van der Waals surface area (Å²) in [6.07, 6.45) is 11.8. The molecule has 2 aromatic heterocycles. The van der Waals surface area contributed by atoms with Crippen molar-refractivity contribution in [1.82, 2.24) is 9.97 Å². The fraction of sp³-hybridized carbons (Fsp3) is 0.174. The lowest BCUT2D eigenvalue weighted by atomic mass is 9.94. The third-order valence-corrected chi connectivity index (χ3v) is 4.05. The van der Waals surface area contributed by atoms with E-state index in [1.165, 1.54) is 6.92 Å². The molecule has 2 heterocycles. The van der Waals surface area contributed by atoms with Crippen molar-refractivity contribution in [3.05, 3.63) is 78.3 Å². The Hall–Kier alpha value is -3.27. The number of hydrogen-bond acceptors (Lipinski definition) is 4. The molecule has 0 saturated carbocycles. The van der Waals surface area contributed by atoms with Crippen molar-refractivity contribution in [2.24, 2.45) is 0 Å². The van der Waals surface area contributed by atoms with Gasteiger partial charge >= 0.3 is 0 Å². The molecule has 0 unspecified atom stereocenters. The van der Waals surface area contributed by atoms with Gasteiger partial charge in [0.25, 0.3) is 0 Å². The summed E-state index contributed by atoms with van der Waals surface area (Å²) in [7, 11) is 0. The van der Waals surface area contributed by atoms with Gasteiger partial charge in [-0.1, -0.05) is 50.5 Å². The predicted octanol–water partition coefficient (Wildman–Crippen LogP) is 5.54. The minimum absolute atomic E-state index is 0.0493. The zero-order chi connectivity index (χ0) is 20.0. The van der Waals surface area contributed by atoms with Crippen molar-refractivity contribution < 1.29 is 9.90 Å². The summed E-state index contributed by atoms with van der Waals surface area (Å²) in [5, 5.41) is 10.7. The normalized spacial score (nSPS) is 11.6. The molecule has 138 valence electrons. The van der Waals surface area contributed by atoms with Gasteiger partial charge in [0.15, 0.2) is 11.5 Å². The van der Waals surface area contributed by atoms with Crippen molar-refractivity contribution in [1.29, 1.82) is 0 Å². The Morgan fingerprint density at radius 2 is 2.07 bits per heavy atom. The van der Waals surface area contributed by atoms with Crippen LogP contribution in [0.3, 0.4) is 0 Å². The van der Waals surface area contributed by atoms with E-state index in [2.05, 4.69) is 23.1 Å². The SMILES string of the molecule is C=C/C=C(\C=C)c1ccnc(-c2cc(C)nc(C(C)=O)c2O)c1/C=C/CC. The molecule has 0 aliphatic carbocycles. The summed E-state index contributed by atoms with van der Waals surface area (Å²) >= 11 is 0. The molecule has 4 heteroatoms. The van der Waals surface area contributed by atoms with Gasteiger partial charge in [-0.15, -0.1) is 0 Å². The zero-order valence-corrected chi connectivity index (χ0v) is 16.0. The average molecular weight is 360 g/mol. The first kappa shape index (κ1) is 20.0. The first-order valence-electron chi connectivity index (χ1n) is 8.77. The van der Waals surface area contributed by atoms with Gasteiger partial charge in [-0.3, -0.25) is 9.78 Å². The molecular weight excluding hydrogens is 336 g/mol. The molecule has 2 aromatic rings. The zero-order valence-electron chi connectivity index (χ0n) is 16.0. The minimum atomic E-state index is -0.294. The summed E-state index contributed by atoms with van der Waals surface area (Å²) in [5.41, 5.74) is 4.39. The van der Waals surface area contributed by atoms with E-state index in [1.54, 1.807) is 31.3 Å². The van der Waals surface area contributed by atoms with Gasteiger partial charge in [0.2, 0.25) is 0 Å². The first-order chi connectivity index (χ1) is 12.9. The van der Waals surface area contributed by atoms with E-state index in [0.717, 1.165) is 23.1 Å². The Bertz CT molecular complexity index is 953.